The Morgan fingerprint density at radius 1 is 1.38 bits per heavy atom. The minimum atomic E-state index is -0.494. The van der Waals surface area contributed by atoms with Gasteiger partial charge in [0.2, 0.25) is 0 Å². The fraction of sp³-hybridized carbons (Fsp3) is 0.0769. The molecule has 0 radical (unpaired) electrons. The largest absolute Gasteiger partial charge is 0.398 e. The Labute approximate surface area is 122 Å². The normalized spacial score (nSPS) is 10.9. The highest BCUT2D eigenvalue weighted by molar-refractivity contribution is 7.17. The number of rotatable bonds is 3. The van der Waals surface area contributed by atoms with Crippen molar-refractivity contribution in [3.05, 3.63) is 62.0 Å². The van der Waals surface area contributed by atoms with E-state index in [2.05, 4.69) is 4.98 Å². The molecule has 0 spiro atoms. The molecule has 0 bridgehead atoms. The first-order valence-corrected chi connectivity index (χ1v) is 6.89. The van der Waals surface area contributed by atoms with Gasteiger partial charge < -0.3 is 5.73 Å². The summed E-state index contributed by atoms with van der Waals surface area (Å²) in [4.78, 5) is 26.8. The summed E-state index contributed by atoms with van der Waals surface area (Å²) in [7, 11) is 0. The van der Waals surface area contributed by atoms with E-state index in [1.807, 2.05) is 0 Å². The van der Waals surface area contributed by atoms with E-state index in [1.54, 1.807) is 11.4 Å². The standard InChI is InChI=1S/C13H10N4O3S/c14-10-2-1-9(17(19)20)5-8(10)6-16-7-15-11-3-4-21-12(11)13(16)18/h1-5,7H,6,14H2. The molecule has 2 aromatic heterocycles. The number of non-ortho nitro benzene ring substituents is 1. The van der Waals surface area contributed by atoms with Crippen molar-refractivity contribution in [3.8, 4) is 0 Å². The Balaban J connectivity index is 2.06. The van der Waals surface area contributed by atoms with E-state index >= 15 is 0 Å². The highest BCUT2D eigenvalue weighted by atomic mass is 32.1. The number of nitrogen functional groups attached to an aromatic ring is 1. The zero-order valence-electron chi connectivity index (χ0n) is 10.7. The van der Waals surface area contributed by atoms with Crippen molar-refractivity contribution in [3.63, 3.8) is 0 Å². The highest BCUT2D eigenvalue weighted by Gasteiger charge is 2.11. The molecule has 2 N–H and O–H groups in total. The van der Waals surface area contributed by atoms with E-state index in [0.717, 1.165) is 0 Å². The van der Waals surface area contributed by atoms with Gasteiger partial charge in [0.05, 0.1) is 23.3 Å². The molecular formula is C13H10N4O3S. The van der Waals surface area contributed by atoms with Crippen molar-refractivity contribution >= 4 is 32.9 Å². The molecule has 106 valence electrons. The van der Waals surface area contributed by atoms with Crippen LogP contribution in [0.3, 0.4) is 0 Å². The molecule has 0 aliphatic heterocycles. The van der Waals surface area contributed by atoms with Crippen LogP contribution >= 0.6 is 11.3 Å². The number of benzene rings is 1. The monoisotopic (exact) mass is 302 g/mol. The summed E-state index contributed by atoms with van der Waals surface area (Å²) in [5.74, 6) is 0. The second kappa shape index (κ2) is 4.98. The van der Waals surface area contributed by atoms with Crippen LogP contribution in [-0.2, 0) is 6.54 Å². The number of aromatic nitrogens is 2. The number of hydrogen-bond acceptors (Lipinski definition) is 6. The first-order chi connectivity index (χ1) is 10.1. The third-order valence-electron chi connectivity index (χ3n) is 3.11. The Morgan fingerprint density at radius 3 is 2.95 bits per heavy atom. The first-order valence-electron chi connectivity index (χ1n) is 6.01. The molecule has 0 saturated carbocycles. The lowest BCUT2D eigenvalue weighted by atomic mass is 10.1. The van der Waals surface area contributed by atoms with Crippen LogP contribution in [0.5, 0.6) is 0 Å². The highest BCUT2D eigenvalue weighted by Crippen LogP contribution is 2.20. The summed E-state index contributed by atoms with van der Waals surface area (Å²) in [6.45, 7) is 0.146. The number of nitro groups is 1. The van der Waals surface area contributed by atoms with Crippen molar-refractivity contribution in [2.75, 3.05) is 5.73 Å². The van der Waals surface area contributed by atoms with Gasteiger partial charge in [0.1, 0.15) is 4.70 Å². The lowest BCUT2D eigenvalue weighted by molar-refractivity contribution is -0.384. The van der Waals surface area contributed by atoms with Crippen LogP contribution in [0, 0.1) is 10.1 Å². The quantitative estimate of drug-likeness (QED) is 0.452. The van der Waals surface area contributed by atoms with Gasteiger partial charge in [0.15, 0.2) is 0 Å². The molecule has 0 unspecified atom stereocenters. The van der Waals surface area contributed by atoms with Crippen LogP contribution in [0.25, 0.3) is 10.2 Å². The Kier molecular flexibility index (Phi) is 3.15. The van der Waals surface area contributed by atoms with Crippen molar-refractivity contribution in [1.82, 2.24) is 9.55 Å². The molecule has 0 amide bonds. The Hall–Kier alpha value is -2.74. The molecule has 3 aromatic rings. The van der Waals surface area contributed by atoms with E-state index in [0.29, 0.717) is 21.5 Å². The van der Waals surface area contributed by atoms with Gasteiger partial charge in [-0.05, 0) is 17.5 Å². The Morgan fingerprint density at radius 2 is 2.19 bits per heavy atom. The topological polar surface area (TPSA) is 104 Å². The van der Waals surface area contributed by atoms with Crippen LogP contribution in [0.2, 0.25) is 0 Å². The van der Waals surface area contributed by atoms with Gasteiger partial charge in [-0.15, -0.1) is 11.3 Å². The number of fused-ring (bicyclic) bond motifs is 1. The molecule has 7 nitrogen and oxygen atoms in total. The molecule has 0 aliphatic carbocycles. The maximum Gasteiger partial charge on any atom is 0.271 e. The summed E-state index contributed by atoms with van der Waals surface area (Å²) in [5.41, 5.74) is 7.15. The number of nitrogens with zero attached hydrogens (tertiary/aromatic N) is 3. The van der Waals surface area contributed by atoms with E-state index in [-0.39, 0.29) is 17.8 Å². The number of nitro benzene ring substituents is 1. The average Bonchev–Trinajstić information content (AvgIpc) is 2.93. The van der Waals surface area contributed by atoms with E-state index < -0.39 is 4.92 Å². The second-order valence-electron chi connectivity index (χ2n) is 4.45. The van der Waals surface area contributed by atoms with Gasteiger partial charge in [-0.25, -0.2) is 4.98 Å². The molecule has 1 aromatic carbocycles. The maximum absolute atomic E-state index is 12.3. The van der Waals surface area contributed by atoms with Gasteiger partial charge in [-0.2, -0.15) is 0 Å². The minimum Gasteiger partial charge on any atom is -0.398 e. The smallest absolute Gasteiger partial charge is 0.271 e. The predicted molar refractivity (Wildman–Crippen MR) is 80.5 cm³/mol. The van der Waals surface area contributed by atoms with E-state index in [4.69, 9.17) is 5.73 Å². The second-order valence-corrected chi connectivity index (χ2v) is 5.37. The zero-order chi connectivity index (χ0) is 15.0. The fourth-order valence-corrected chi connectivity index (χ4v) is 2.81. The summed E-state index contributed by atoms with van der Waals surface area (Å²) in [6.07, 6.45) is 1.43. The third kappa shape index (κ3) is 2.36. The molecule has 0 saturated heterocycles. The van der Waals surface area contributed by atoms with Crippen molar-refractivity contribution < 1.29 is 4.92 Å². The van der Waals surface area contributed by atoms with Crippen LogP contribution in [0.4, 0.5) is 11.4 Å². The summed E-state index contributed by atoms with van der Waals surface area (Å²) in [5, 5.41) is 12.6. The number of thiophene rings is 1. The third-order valence-corrected chi connectivity index (χ3v) is 4.01. The average molecular weight is 302 g/mol. The fourth-order valence-electron chi connectivity index (χ4n) is 2.02. The van der Waals surface area contributed by atoms with Crippen LogP contribution in [-0.4, -0.2) is 14.5 Å². The summed E-state index contributed by atoms with van der Waals surface area (Å²) in [6, 6.07) is 5.95. The van der Waals surface area contributed by atoms with Crippen LogP contribution in [0.15, 0.2) is 40.8 Å². The lowest BCUT2D eigenvalue weighted by Crippen LogP contribution is -2.20. The first kappa shape index (κ1) is 13.3. The number of nitrogens with two attached hydrogens (primary N) is 1. The minimum absolute atomic E-state index is 0.0580. The van der Waals surface area contributed by atoms with Crippen LogP contribution in [0.1, 0.15) is 5.56 Å². The van der Waals surface area contributed by atoms with Crippen molar-refractivity contribution in [1.29, 1.82) is 0 Å². The number of hydrogen-bond donors (Lipinski definition) is 1. The molecule has 0 atom stereocenters. The van der Waals surface area contributed by atoms with Gasteiger partial charge in [0, 0.05) is 23.4 Å². The summed E-state index contributed by atoms with van der Waals surface area (Å²) < 4.78 is 1.95. The lowest BCUT2D eigenvalue weighted by Gasteiger charge is -2.08. The zero-order valence-corrected chi connectivity index (χ0v) is 11.5. The SMILES string of the molecule is Nc1ccc([N+](=O)[O-])cc1Cn1cnc2ccsc2c1=O. The van der Waals surface area contributed by atoms with E-state index in [9.17, 15) is 14.9 Å². The molecule has 8 heteroatoms. The molecule has 0 aliphatic rings. The van der Waals surface area contributed by atoms with Crippen molar-refractivity contribution in [2.45, 2.75) is 6.54 Å². The van der Waals surface area contributed by atoms with Gasteiger partial charge in [0.25, 0.3) is 11.2 Å². The van der Waals surface area contributed by atoms with Gasteiger partial charge in [-0.3, -0.25) is 19.5 Å². The molecule has 0 fully saturated rings. The summed E-state index contributed by atoms with van der Waals surface area (Å²) >= 11 is 1.32. The van der Waals surface area contributed by atoms with Gasteiger partial charge in [-0.1, -0.05) is 0 Å². The maximum atomic E-state index is 12.3. The van der Waals surface area contributed by atoms with Gasteiger partial charge >= 0.3 is 0 Å². The number of anilines is 1. The van der Waals surface area contributed by atoms with Crippen LogP contribution < -0.4 is 11.3 Å². The van der Waals surface area contributed by atoms with E-state index in [1.165, 1.54) is 40.4 Å². The van der Waals surface area contributed by atoms with Crippen molar-refractivity contribution in [2.24, 2.45) is 0 Å². The molecular weight excluding hydrogens is 292 g/mol. The Bertz CT molecular complexity index is 900. The molecule has 2 heterocycles. The molecule has 3 rings (SSSR count). The molecule has 21 heavy (non-hydrogen) atoms. The predicted octanol–water partition coefficient (Wildman–Crippen LogP) is 2.00.